The van der Waals surface area contributed by atoms with Crippen molar-refractivity contribution in [3.8, 4) is 28.6 Å². The van der Waals surface area contributed by atoms with Gasteiger partial charge in [0.25, 0.3) is 5.88 Å². The van der Waals surface area contributed by atoms with E-state index in [1.165, 1.54) is 24.3 Å². The fourth-order valence-corrected chi connectivity index (χ4v) is 3.63. The molecule has 198 valence electrons. The summed E-state index contributed by atoms with van der Waals surface area (Å²) in [7, 11) is 1.80. The second-order valence-corrected chi connectivity index (χ2v) is 8.25. The number of hydrazine groups is 1. The number of nitrogens with two attached hydrogens (primary N) is 1. The van der Waals surface area contributed by atoms with E-state index in [0.29, 0.717) is 11.4 Å². The van der Waals surface area contributed by atoms with Crippen molar-refractivity contribution in [2.75, 3.05) is 6.54 Å². The van der Waals surface area contributed by atoms with Crippen LogP contribution in [-0.4, -0.2) is 49.4 Å². The third-order valence-corrected chi connectivity index (χ3v) is 5.58. The zero-order valence-corrected chi connectivity index (χ0v) is 20.3. The molecule has 1 atom stereocenters. The van der Waals surface area contributed by atoms with E-state index in [1.807, 2.05) is 0 Å². The van der Waals surface area contributed by atoms with Gasteiger partial charge in [0.2, 0.25) is 6.23 Å². The number of nitrogen functional groups attached to an aromatic ring is 1. The van der Waals surface area contributed by atoms with Crippen molar-refractivity contribution in [2.45, 2.75) is 13.2 Å². The Bertz CT molecular complexity index is 1470. The van der Waals surface area contributed by atoms with Gasteiger partial charge in [-0.1, -0.05) is 12.1 Å². The first-order valence-electron chi connectivity index (χ1n) is 11.2. The van der Waals surface area contributed by atoms with Crippen LogP contribution in [0, 0.1) is 5.41 Å². The predicted octanol–water partition coefficient (Wildman–Crippen LogP) is 3.15. The Kier molecular flexibility index (Phi) is 7.30. The van der Waals surface area contributed by atoms with Crippen LogP contribution in [0.4, 0.5) is 8.78 Å². The van der Waals surface area contributed by atoms with E-state index >= 15 is 8.78 Å². The van der Waals surface area contributed by atoms with E-state index in [1.54, 1.807) is 42.2 Å². The molecule has 13 heteroatoms. The molecule has 2 aromatic carbocycles. The van der Waals surface area contributed by atoms with Crippen LogP contribution in [0.1, 0.15) is 12.5 Å². The highest BCUT2D eigenvalue weighted by molar-refractivity contribution is 5.95. The quantitative estimate of drug-likeness (QED) is 0.209. The summed E-state index contributed by atoms with van der Waals surface area (Å²) in [5.74, 6) is -4.40. The maximum absolute atomic E-state index is 15.4. The molecule has 0 aliphatic carbocycles. The van der Waals surface area contributed by atoms with Crippen LogP contribution in [0.3, 0.4) is 0 Å². The number of imidazole rings is 1. The number of nitrogens with one attached hydrogen (secondary N) is 2. The molecule has 1 unspecified atom stereocenters. The molecule has 0 amide bonds. The van der Waals surface area contributed by atoms with Crippen molar-refractivity contribution in [1.82, 2.24) is 20.0 Å². The van der Waals surface area contributed by atoms with Crippen LogP contribution in [-0.2, 0) is 11.8 Å². The van der Waals surface area contributed by atoms with Crippen LogP contribution in [0.15, 0.2) is 78.0 Å². The minimum atomic E-state index is -1.80. The van der Waals surface area contributed by atoms with Crippen LogP contribution in [0.25, 0.3) is 11.4 Å². The number of allylic oxidation sites excluding steroid dienone is 2. The van der Waals surface area contributed by atoms with Crippen LogP contribution < -0.4 is 20.6 Å². The number of carboxylic acid groups (broad SMARTS) is 1. The van der Waals surface area contributed by atoms with Gasteiger partial charge in [0.05, 0.1) is 0 Å². The van der Waals surface area contributed by atoms with Gasteiger partial charge >= 0.3 is 5.97 Å². The number of phenolic OH excluding ortho intramolecular Hbond substituents is 1. The van der Waals surface area contributed by atoms with Crippen molar-refractivity contribution < 1.29 is 33.3 Å². The van der Waals surface area contributed by atoms with Gasteiger partial charge in [-0.05, 0) is 37.3 Å². The third-order valence-electron chi connectivity index (χ3n) is 5.58. The van der Waals surface area contributed by atoms with E-state index in [4.69, 9.17) is 20.6 Å². The number of ether oxygens (including phenoxy) is 2. The Morgan fingerprint density at radius 2 is 2.03 bits per heavy atom. The number of aromatic nitrogens is 2. The topological polar surface area (TPSA) is 159 Å². The van der Waals surface area contributed by atoms with E-state index in [2.05, 4.69) is 10.4 Å². The zero-order chi connectivity index (χ0) is 27.6. The number of halogens is 2. The number of benzene rings is 2. The van der Waals surface area contributed by atoms with Gasteiger partial charge in [-0.3, -0.25) is 10.2 Å². The average molecular weight is 527 g/mol. The molecule has 1 aliphatic rings. The Balaban J connectivity index is 1.74. The van der Waals surface area contributed by atoms with E-state index in [9.17, 15) is 15.0 Å². The molecular formula is C25H24F2N6O5. The molecule has 4 rings (SSSR count). The number of rotatable bonds is 9. The molecular weight excluding hydrogens is 502 g/mol. The molecule has 0 spiro atoms. The van der Waals surface area contributed by atoms with Crippen LogP contribution in [0.2, 0.25) is 0 Å². The molecule has 0 saturated carbocycles. The smallest absolute Gasteiger partial charge is 0.319 e. The third kappa shape index (κ3) is 5.27. The van der Waals surface area contributed by atoms with Gasteiger partial charge in [-0.2, -0.15) is 0 Å². The average Bonchev–Trinajstić information content (AvgIpc) is 3.32. The number of carbonyl (C=O) groups is 1. The van der Waals surface area contributed by atoms with Crippen molar-refractivity contribution in [3.05, 3.63) is 83.5 Å². The second kappa shape index (κ2) is 10.6. The van der Waals surface area contributed by atoms with E-state index in [-0.39, 0.29) is 22.9 Å². The molecule has 0 bridgehead atoms. The van der Waals surface area contributed by atoms with Gasteiger partial charge in [-0.25, -0.2) is 24.2 Å². The van der Waals surface area contributed by atoms with Gasteiger partial charge in [0.1, 0.15) is 24.0 Å². The lowest BCUT2D eigenvalue weighted by atomic mass is 10.1. The van der Waals surface area contributed by atoms with Crippen molar-refractivity contribution in [2.24, 2.45) is 12.8 Å². The normalized spacial score (nSPS) is 15.6. The fourth-order valence-electron chi connectivity index (χ4n) is 3.63. The van der Waals surface area contributed by atoms with E-state index in [0.717, 1.165) is 11.9 Å². The molecule has 6 N–H and O–H groups in total. The predicted molar refractivity (Wildman–Crippen MR) is 132 cm³/mol. The van der Waals surface area contributed by atoms with Crippen molar-refractivity contribution in [1.29, 1.82) is 5.41 Å². The molecule has 1 aromatic heterocycles. The highest BCUT2D eigenvalue weighted by Gasteiger charge is 2.39. The molecule has 1 aliphatic heterocycles. The fraction of sp³-hybridized carbons (Fsp3) is 0.160. The lowest BCUT2D eigenvalue weighted by Crippen LogP contribution is -2.53. The lowest BCUT2D eigenvalue weighted by molar-refractivity contribution is -0.137. The van der Waals surface area contributed by atoms with Crippen molar-refractivity contribution in [3.63, 3.8) is 0 Å². The van der Waals surface area contributed by atoms with Gasteiger partial charge < -0.3 is 30.0 Å². The Labute approximate surface area is 215 Å². The Morgan fingerprint density at radius 1 is 1.26 bits per heavy atom. The Morgan fingerprint density at radius 3 is 2.68 bits per heavy atom. The minimum absolute atomic E-state index is 0.146. The number of aliphatic carboxylic acids is 1. The highest BCUT2D eigenvalue weighted by atomic mass is 19.1. The summed E-state index contributed by atoms with van der Waals surface area (Å²) in [6, 6.07) is 10.3. The maximum atomic E-state index is 15.4. The monoisotopic (exact) mass is 526 g/mol. The second-order valence-electron chi connectivity index (χ2n) is 8.25. The first-order valence-corrected chi connectivity index (χ1v) is 11.2. The number of phenols is 1. The molecule has 0 radical (unpaired) electrons. The maximum Gasteiger partial charge on any atom is 0.319 e. The van der Waals surface area contributed by atoms with Crippen LogP contribution >= 0.6 is 0 Å². The summed E-state index contributed by atoms with van der Waals surface area (Å²) < 4.78 is 44.0. The van der Waals surface area contributed by atoms with Crippen molar-refractivity contribution >= 4 is 11.8 Å². The summed E-state index contributed by atoms with van der Waals surface area (Å²) >= 11 is 0. The SMILES string of the molecule is CC1=C(F)C(Oc2cc(C(=N)N)ccc2O)N(NCC(=O)O)C(Oc2cccc(-c3nccn3C)c2)=C1F. The molecule has 3 aromatic rings. The number of amidine groups is 1. The zero-order valence-electron chi connectivity index (χ0n) is 20.3. The number of nitrogens with zero attached hydrogens (tertiary/aromatic N) is 3. The molecule has 38 heavy (non-hydrogen) atoms. The summed E-state index contributed by atoms with van der Waals surface area (Å²) in [6.07, 6.45) is 1.56. The van der Waals surface area contributed by atoms with Crippen LogP contribution in [0.5, 0.6) is 17.2 Å². The standard InChI is InChI=1S/C25H24F2N6O5/c1-13-20(26)24(37-16-5-3-4-15(10-16)23-30-8-9-32(23)2)33(31-12-19(35)36)25(21(13)27)38-18-11-14(22(28)29)6-7-17(18)34/h3-11,25,31,34H,12H2,1-2H3,(H3,28,29)(H,35,36). The first-order chi connectivity index (χ1) is 18.1. The van der Waals surface area contributed by atoms with Gasteiger partial charge in [-0.15, -0.1) is 0 Å². The minimum Gasteiger partial charge on any atom is -0.504 e. The number of aryl methyl sites for hydroxylation is 1. The summed E-state index contributed by atoms with van der Waals surface area (Å²) in [5, 5.41) is 27.8. The number of hydrogen-bond acceptors (Lipinski definition) is 8. The largest absolute Gasteiger partial charge is 0.504 e. The lowest BCUT2D eigenvalue weighted by Gasteiger charge is -2.36. The molecule has 0 saturated heterocycles. The highest BCUT2D eigenvalue weighted by Crippen LogP contribution is 2.37. The molecule has 0 fully saturated rings. The van der Waals surface area contributed by atoms with Gasteiger partial charge in [0.15, 0.2) is 23.2 Å². The number of carboxylic acids is 1. The molecule has 11 nitrogen and oxygen atoms in total. The first kappa shape index (κ1) is 26.2. The summed E-state index contributed by atoms with van der Waals surface area (Å²) in [5.41, 5.74) is 8.26. The van der Waals surface area contributed by atoms with E-state index < -0.39 is 47.6 Å². The summed E-state index contributed by atoms with van der Waals surface area (Å²) in [6.45, 7) is 0.411. The molecule has 2 heterocycles. The number of hydrogen-bond donors (Lipinski definition) is 5. The number of aromatic hydroxyl groups is 1. The summed E-state index contributed by atoms with van der Waals surface area (Å²) in [4.78, 5) is 15.6. The van der Waals surface area contributed by atoms with Gasteiger partial charge in [0, 0.05) is 36.1 Å². The Hall–Kier alpha value is -4.91.